The number of hydrogen-bond donors (Lipinski definition) is 4. The van der Waals surface area contributed by atoms with Crippen LogP contribution < -0.4 is 5.32 Å². The average Bonchev–Trinajstić information content (AvgIpc) is 1.68. The second-order valence-corrected chi connectivity index (χ2v) is 31.3. The molecule has 2 saturated heterocycles. The Hall–Kier alpha value is -6.66. The minimum atomic E-state index is -3.67. The lowest BCUT2D eigenvalue weighted by Crippen LogP contribution is -2.43. The molecule has 4 heterocycles. The number of amides is 3. The molecule has 4 aliphatic rings. The van der Waals surface area contributed by atoms with E-state index in [2.05, 4.69) is 37.4 Å². The number of Topliss-reactive ketones (excluding diaryl/α,β-unsaturated/α-hetero) is 2. The second-order valence-electron chi connectivity index (χ2n) is 29.9. The van der Waals surface area contributed by atoms with Crippen molar-refractivity contribution in [2.24, 2.45) is 33.5 Å². The number of aliphatic carboxylic acids is 2. The highest BCUT2D eigenvalue weighted by molar-refractivity contribution is 7.85. The molecule has 23 nitrogen and oxygen atoms in total. The van der Waals surface area contributed by atoms with E-state index in [-0.39, 0.29) is 79.7 Å². The summed E-state index contributed by atoms with van der Waals surface area (Å²) in [7, 11) is -3.67. The Labute approximate surface area is 544 Å². The first kappa shape index (κ1) is 77.8. The third-order valence-corrected chi connectivity index (χ3v) is 16.9. The van der Waals surface area contributed by atoms with Gasteiger partial charge in [-0.05, 0) is 128 Å². The second kappa shape index (κ2) is 32.9. The van der Waals surface area contributed by atoms with Crippen LogP contribution in [0.25, 0.3) is 0 Å². The van der Waals surface area contributed by atoms with Crippen LogP contribution >= 0.6 is 0 Å². The number of likely N-dealkylation sites (tertiary alicyclic amines) is 1. The van der Waals surface area contributed by atoms with E-state index < -0.39 is 86.6 Å². The van der Waals surface area contributed by atoms with Crippen molar-refractivity contribution in [1.82, 2.24) is 20.0 Å². The van der Waals surface area contributed by atoms with Gasteiger partial charge in [-0.25, -0.2) is 14.4 Å². The summed E-state index contributed by atoms with van der Waals surface area (Å²) in [5, 5.41) is 22.1. The molecule has 0 spiro atoms. The van der Waals surface area contributed by atoms with Gasteiger partial charge < -0.3 is 39.2 Å². The zero-order chi connectivity index (χ0) is 69.5. The molecule has 0 saturated carbocycles. The molecule has 3 amide bonds. The number of benzene rings is 2. The fourth-order valence-electron chi connectivity index (χ4n) is 11.6. The van der Waals surface area contributed by atoms with Crippen molar-refractivity contribution in [3.8, 4) is 0 Å². The first-order valence-corrected chi connectivity index (χ1v) is 33.7. The van der Waals surface area contributed by atoms with Crippen LogP contribution in [0.1, 0.15) is 201 Å². The Morgan fingerprint density at radius 1 is 0.587 bits per heavy atom. The smallest absolute Gasteiger partial charge is 0.411 e. The summed E-state index contributed by atoms with van der Waals surface area (Å²) in [6, 6.07) is 11.4. The number of aryl methyl sites for hydroxylation is 2. The molecule has 2 aromatic carbocycles. The monoisotopic (exact) mass is 1310 g/mol. The molecule has 6 atom stereocenters. The number of carboxylic acid groups (broad SMARTS) is 2. The molecule has 92 heavy (non-hydrogen) atoms. The Kier molecular flexibility index (Phi) is 27.9. The summed E-state index contributed by atoms with van der Waals surface area (Å²) in [5.41, 5.74) is 4.68. The Morgan fingerprint density at radius 3 is 1.36 bits per heavy atom. The summed E-state index contributed by atoms with van der Waals surface area (Å²) in [5.74, 6) is -4.65. The van der Waals surface area contributed by atoms with Gasteiger partial charge in [-0.15, -0.1) is 0 Å². The number of carbonyl (C=O) groups excluding carboxylic acids is 7. The van der Waals surface area contributed by atoms with Crippen molar-refractivity contribution in [3.05, 3.63) is 69.8 Å². The zero-order valence-corrected chi connectivity index (χ0v) is 58.0. The lowest BCUT2D eigenvalue weighted by molar-refractivity contribution is -0.156. The summed E-state index contributed by atoms with van der Waals surface area (Å²) in [4.78, 5) is 115. The number of ether oxygens (including phenoxy) is 5. The number of fused-ring (bicyclic) bond motifs is 2. The molecule has 2 aromatic rings. The molecular weight excluding hydrogens is 1210 g/mol. The molecule has 4 aliphatic heterocycles. The normalized spacial score (nSPS) is 18.8. The van der Waals surface area contributed by atoms with E-state index in [0.29, 0.717) is 45.4 Å². The van der Waals surface area contributed by atoms with Crippen molar-refractivity contribution in [2.45, 2.75) is 237 Å². The van der Waals surface area contributed by atoms with Gasteiger partial charge in [0, 0.05) is 45.6 Å². The van der Waals surface area contributed by atoms with E-state index in [1.807, 2.05) is 52.8 Å². The molecule has 0 radical (unpaired) electrons. The SMILES string of the molecule is CC(=O)[C@@H]1C[C@@H](OC(=O)N2Cc3cccc(CCCCC(C)(C)COC(=O)C[C@H](C(=O)O)C(C)(C)C)c3C2)CN1.CC(=O)[C@@H]1C[C@@H](OC(=O)N2Cc3cccc(CCCCC(C)(C)COC(=O)C[C@H](C(=O)O)C(C)(C)C)c3C2)CN1C(=O)OC(C)(C)C.CS(=O)(=O)O. The lowest BCUT2D eigenvalue weighted by atomic mass is 9.79. The summed E-state index contributed by atoms with van der Waals surface area (Å²) in [6.45, 7) is 30.3. The van der Waals surface area contributed by atoms with Crippen molar-refractivity contribution < 1.29 is 90.0 Å². The van der Waals surface area contributed by atoms with Crippen LogP contribution in [0.2, 0.25) is 0 Å². The minimum Gasteiger partial charge on any atom is -0.481 e. The predicted octanol–water partition coefficient (Wildman–Crippen LogP) is 10.9. The van der Waals surface area contributed by atoms with Crippen LogP contribution in [-0.2, 0) is 102 Å². The maximum absolute atomic E-state index is 13.2. The van der Waals surface area contributed by atoms with E-state index in [4.69, 9.17) is 28.2 Å². The van der Waals surface area contributed by atoms with Crippen LogP contribution in [0.3, 0.4) is 0 Å². The van der Waals surface area contributed by atoms with E-state index >= 15 is 0 Å². The largest absolute Gasteiger partial charge is 0.481 e. The van der Waals surface area contributed by atoms with Crippen molar-refractivity contribution in [1.29, 1.82) is 0 Å². The van der Waals surface area contributed by atoms with Crippen molar-refractivity contribution in [2.75, 3.05) is 32.6 Å². The molecule has 516 valence electrons. The van der Waals surface area contributed by atoms with Crippen LogP contribution in [0.5, 0.6) is 0 Å². The molecule has 24 heteroatoms. The first-order valence-electron chi connectivity index (χ1n) is 31.9. The molecule has 0 aliphatic carbocycles. The topological polar surface area (TPSA) is 316 Å². The van der Waals surface area contributed by atoms with Crippen molar-refractivity contribution in [3.63, 3.8) is 0 Å². The van der Waals surface area contributed by atoms with Crippen LogP contribution in [-0.4, -0.2) is 154 Å². The van der Waals surface area contributed by atoms with Gasteiger partial charge in [-0.3, -0.25) is 48.0 Å². The van der Waals surface area contributed by atoms with Gasteiger partial charge in [0.15, 0.2) is 5.78 Å². The highest BCUT2D eigenvalue weighted by Crippen LogP contribution is 2.35. The highest BCUT2D eigenvalue weighted by atomic mass is 32.2. The van der Waals surface area contributed by atoms with Crippen LogP contribution in [0.15, 0.2) is 36.4 Å². The molecule has 0 bridgehead atoms. The van der Waals surface area contributed by atoms with E-state index in [9.17, 15) is 61.8 Å². The Morgan fingerprint density at radius 2 is 1.00 bits per heavy atom. The Bertz CT molecular complexity index is 3040. The molecule has 4 N–H and O–H groups in total. The lowest BCUT2D eigenvalue weighted by Gasteiger charge is -2.28. The summed E-state index contributed by atoms with van der Waals surface area (Å²) >= 11 is 0. The number of hydrogen-bond acceptors (Lipinski definition) is 17. The standard InChI is InChI=1S/C36H54N2O9.C31H46N2O7.CH4O3S/c1-23(39)29-17-26(20-38(29)33(44)47-35(5,6)7)46-32(43)37-19-25-15-12-14-24(27(25)21-37)13-10-11-16-36(8,9)22-45-30(40)18-28(31(41)42)34(2,3)4;1-20(34)26-14-23(16-32-26)40-29(38)33-17-22-12-9-11-21(24(22)18-33)10-7-8-13-31(5,6)19-39-27(35)15-25(28(36)37)30(2,3)4;1-5(2,3)4/h12,14-15,26,28-29H,10-11,13,16-22H2,1-9H3,(H,41,42);9,11-12,23,25-26,32H,7-8,10,13-19H2,1-6H3,(H,36,37);1H3,(H,2,3,4)/t26-,28-,29+;23-,25-,26+;/m11./s1. The van der Waals surface area contributed by atoms with Crippen LogP contribution in [0, 0.1) is 33.5 Å². The molecular formula is C68H104N4O19S. The summed E-state index contributed by atoms with van der Waals surface area (Å²) in [6.07, 6.45) is 6.05. The fraction of sp³-hybridized carbons (Fsp3) is 0.691. The number of esters is 2. The Balaban J connectivity index is 0.000000369. The zero-order valence-electron chi connectivity index (χ0n) is 57.2. The molecule has 0 aromatic heterocycles. The van der Waals surface area contributed by atoms with Crippen LogP contribution in [0.4, 0.5) is 14.4 Å². The van der Waals surface area contributed by atoms with Gasteiger partial charge in [-0.2, -0.15) is 8.42 Å². The number of rotatable bonds is 24. The number of ketones is 2. The fourth-order valence-corrected chi connectivity index (χ4v) is 11.6. The highest BCUT2D eigenvalue weighted by Gasteiger charge is 2.43. The van der Waals surface area contributed by atoms with Crippen molar-refractivity contribution >= 4 is 63.8 Å². The van der Waals surface area contributed by atoms with Gasteiger partial charge in [-0.1, -0.05) is 118 Å². The van der Waals surface area contributed by atoms with E-state index in [0.717, 1.165) is 68.1 Å². The molecule has 0 unspecified atom stereocenters. The van der Waals surface area contributed by atoms with Gasteiger partial charge in [0.05, 0.1) is 62.8 Å². The van der Waals surface area contributed by atoms with Gasteiger partial charge in [0.2, 0.25) is 0 Å². The molecule has 6 rings (SSSR count). The average molecular weight is 1310 g/mol. The molecule has 2 fully saturated rings. The number of nitrogens with zero attached hydrogens (tertiary/aromatic N) is 3. The minimum absolute atomic E-state index is 0.0612. The summed E-state index contributed by atoms with van der Waals surface area (Å²) < 4.78 is 53.8. The number of carboxylic acids is 2. The predicted molar refractivity (Wildman–Crippen MR) is 343 cm³/mol. The third-order valence-electron chi connectivity index (χ3n) is 16.9. The number of carbonyl (C=O) groups is 9. The van der Waals surface area contributed by atoms with Gasteiger partial charge in [0.25, 0.3) is 10.1 Å². The van der Waals surface area contributed by atoms with E-state index in [1.165, 1.54) is 28.5 Å². The number of nitrogens with one attached hydrogen (secondary N) is 1. The maximum atomic E-state index is 13.2. The quantitative estimate of drug-likeness (QED) is 0.0328. The van der Waals surface area contributed by atoms with E-state index in [1.54, 1.807) is 58.3 Å². The van der Waals surface area contributed by atoms with Gasteiger partial charge >= 0.3 is 42.2 Å². The third kappa shape index (κ3) is 26.0. The number of unbranched alkanes of at least 4 members (excludes halogenated alkanes) is 2. The van der Waals surface area contributed by atoms with Gasteiger partial charge in [0.1, 0.15) is 23.6 Å². The first-order chi connectivity index (χ1) is 42.3. The maximum Gasteiger partial charge on any atom is 0.411 e.